The lowest BCUT2D eigenvalue weighted by molar-refractivity contribution is -0.384. The highest BCUT2D eigenvalue weighted by Crippen LogP contribution is 2.33. The van der Waals surface area contributed by atoms with Crippen LogP contribution in [0.1, 0.15) is 25.5 Å². The SMILES string of the molecule is C[C@@H]1N[C@@H](C)CNc2c1cccc2[N+](=O)[O-]. The van der Waals surface area contributed by atoms with E-state index in [2.05, 4.69) is 17.6 Å². The number of fused-ring (bicyclic) bond motifs is 1. The number of hydrogen-bond acceptors (Lipinski definition) is 4. The highest BCUT2D eigenvalue weighted by atomic mass is 16.6. The van der Waals surface area contributed by atoms with Gasteiger partial charge in [-0.1, -0.05) is 12.1 Å². The molecule has 1 aromatic rings. The first kappa shape index (κ1) is 10.9. The molecule has 0 aliphatic carbocycles. The smallest absolute Gasteiger partial charge is 0.292 e. The molecular formula is C11H15N3O2. The molecule has 1 heterocycles. The summed E-state index contributed by atoms with van der Waals surface area (Å²) in [6, 6.07) is 5.61. The van der Waals surface area contributed by atoms with Gasteiger partial charge in [0.1, 0.15) is 5.69 Å². The van der Waals surface area contributed by atoms with E-state index in [0.717, 1.165) is 5.56 Å². The molecule has 0 fully saturated rings. The summed E-state index contributed by atoms with van der Waals surface area (Å²) < 4.78 is 0. The number of benzene rings is 1. The van der Waals surface area contributed by atoms with Crippen LogP contribution in [-0.2, 0) is 0 Å². The molecule has 16 heavy (non-hydrogen) atoms. The Morgan fingerprint density at radius 3 is 2.88 bits per heavy atom. The monoisotopic (exact) mass is 221 g/mol. The Labute approximate surface area is 94.0 Å². The van der Waals surface area contributed by atoms with Crippen LogP contribution in [0.2, 0.25) is 0 Å². The lowest BCUT2D eigenvalue weighted by Crippen LogP contribution is -2.31. The minimum atomic E-state index is -0.339. The number of rotatable bonds is 1. The zero-order valence-electron chi connectivity index (χ0n) is 9.36. The predicted octanol–water partition coefficient (Wildman–Crippen LogP) is 2.06. The lowest BCUT2D eigenvalue weighted by atomic mass is 10.1. The highest BCUT2D eigenvalue weighted by Gasteiger charge is 2.24. The molecule has 2 atom stereocenters. The van der Waals surface area contributed by atoms with Crippen molar-refractivity contribution in [2.24, 2.45) is 0 Å². The van der Waals surface area contributed by atoms with Gasteiger partial charge >= 0.3 is 0 Å². The van der Waals surface area contributed by atoms with Gasteiger partial charge in [-0.05, 0) is 19.4 Å². The van der Waals surface area contributed by atoms with Crippen LogP contribution < -0.4 is 10.6 Å². The average Bonchev–Trinajstić information content (AvgIpc) is 2.38. The molecule has 0 radical (unpaired) electrons. The van der Waals surface area contributed by atoms with E-state index < -0.39 is 0 Å². The average molecular weight is 221 g/mol. The Bertz CT molecular complexity index is 420. The first-order valence-corrected chi connectivity index (χ1v) is 5.37. The van der Waals surface area contributed by atoms with Crippen LogP contribution in [0.3, 0.4) is 0 Å². The van der Waals surface area contributed by atoms with E-state index in [9.17, 15) is 10.1 Å². The fourth-order valence-corrected chi connectivity index (χ4v) is 2.09. The third-order valence-electron chi connectivity index (χ3n) is 2.86. The first-order chi connectivity index (χ1) is 7.59. The predicted molar refractivity (Wildman–Crippen MR) is 62.6 cm³/mol. The van der Waals surface area contributed by atoms with Crippen LogP contribution in [-0.4, -0.2) is 17.5 Å². The third kappa shape index (κ3) is 1.86. The van der Waals surface area contributed by atoms with Gasteiger partial charge in [-0.15, -0.1) is 0 Å². The number of nitrogens with zero attached hydrogens (tertiary/aromatic N) is 1. The highest BCUT2D eigenvalue weighted by molar-refractivity contribution is 5.67. The number of nitro groups is 1. The van der Waals surface area contributed by atoms with Gasteiger partial charge in [0, 0.05) is 24.7 Å². The molecule has 0 saturated carbocycles. The number of nitro benzene ring substituents is 1. The maximum atomic E-state index is 10.9. The van der Waals surface area contributed by atoms with E-state index in [1.54, 1.807) is 6.07 Å². The van der Waals surface area contributed by atoms with Crippen LogP contribution in [0, 0.1) is 10.1 Å². The Kier molecular flexibility index (Phi) is 2.78. The Balaban J connectivity index is 2.50. The molecule has 1 aromatic carbocycles. The molecule has 5 heteroatoms. The molecule has 2 N–H and O–H groups in total. The molecule has 0 bridgehead atoms. The fraction of sp³-hybridized carbons (Fsp3) is 0.455. The number of para-hydroxylation sites is 1. The molecule has 1 aliphatic rings. The standard InChI is InChI=1S/C11H15N3O2/c1-7-6-12-11-9(8(2)13-7)4-3-5-10(11)14(15)16/h3-5,7-8,12-13H,6H2,1-2H3/t7-,8-/m0/s1. The van der Waals surface area contributed by atoms with Crippen LogP contribution >= 0.6 is 0 Å². The lowest BCUT2D eigenvalue weighted by Gasteiger charge is -2.15. The van der Waals surface area contributed by atoms with Crippen LogP contribution in [0.25, 0.3) is 0 Å². The van der Waals surface area contributed by atoms with E-state index in [4.69, 9.17) is 0 Å². The van der Waals surface area contributed by atoms with Crippen LogP contribution in [0.15, 0.2) is 18.2 Å². The van der Waals surface area contributed by atoms with Gasteiger partial charge in [-0.2, -0.15) is 0 Å². The minimum absolute atomic E-state index is 0.125. The van der Waals surface area contributed by atoms with Crippen molar-refractivity contribution < 1.29 is 4.92 Å². The molecule has 0 aromatic heterocycles. The summed E-state index contributed by atoms with van der Waals surface area (Å²) in [6.45, 7) is 4.77. The fourth-order valence-electron chi connectivity index (χ4n) is 2.09. The van der Waals surface area contributed by atoms with Crippen molar-refractivity contribution in [3.05, 3.63) is 33.9 Å². The van der Waals surface area contributed by atoms with Crippen molar-refractivity contribution in [1.29, 1.82) is 0 Å². The maximum absolute atomic E-state index is 10.9. The van der Waals surface area contributed by atoms with Gasteiger partial charge in [0.2, 0.25) is 0 Å². The van der Waals surface area contributed by atoms with E-state index >= 15 is 0 Å². The van der Waals surface area contributed by atoms with Crippen molar-refractivity contribution in [3.8, 4) is 0 Å². The summed E-state index contributed by atoms with van der Waals surface area (Å²) in [4.78, 5) is 10.6. The van der Waals surface area contributed by atoms with Crippen molar-refractivity contribution in [1.82, 2.24) is 5.32 Å². The van der Waals surface area contributed by atoms with Crippen LogP contribution in [0.5, 0.6) is 0 Å². The quantitative estimate of drug-likeness (QED) is 0.562. The molecule has 0 spiro atoms. The number of anilines is 1. The van der Waals surface area contributed by atoms with Gasteiger partial charge in [0.05, 0.1) is 4.92 Å². The summed E-state index contributed by atoms with van der Waals surface area (Å²) in [6.07, 6.45) is 0. The Hall–Kier alpha value is -1.62. The van der Waals surface area contributed by atoms with Crippen molar-refractivity contribution in [2.75, 3.05) is 11.9 Å². The molecule has 86 valence electrons. The Morgan fingerprint density at radius 2 is 2.19 bits per heavy atom. The van der Waals surface area contributed by atoms with Gasteiger partial charge in [0.15, 0.2) is 0 Å². The van der Waals surface area contributed by atoms with E-state index in [1.807, 2.05) is 13.0 Å². The molecule has 0 unspecified atom stereocenters. The van der Waals surface area contributed by atoms with Crippen molar-refractivity contribution in [2.45, 2.75) is 25.9 Å². The maximum Gasteiger partial charge on any atom is 0.292 e. The van der Waals surface area contributed by atoms with Gasteiger partial charge in [-0.25, -0.2) is 0 Å². The van der Waals surface area contributed by atoms with Gasteiger partial charge in [-0.3, -0.25) is 10.1 Å². The zero-order valence-corrected chi connectivity index (χ0v) is 9.36. The second-order valence-corrected chi connectivity index (χ2v) is 4.17. The minimum Gasteiger partial charge on any atom is -0.378 e. The molecule has 0 amide bonds. The number of hydrogen-bond donors (Lipinski definition) is 2. The second kappa shape index (κ2) is 4.09. The van der Waals surface area contributed by atoms with E-state index in [-0.39, 0.29) is 16.7 Å². The normalized spacial score (nSPS) is 24.1. The third-order valence-corrected chi connectivity index (χ3v) is 2.86. The van der Waals surface area contributed by atoms with Crippen molar-refractivity contribution >= 4 is 11.4 Å². The second-order valence-electron chi connectivity index (χ2n) is 4.17. The summed E-state index contributed by atoms with van der Waals surface area (Å²) >= 11 is 0. The van der Waals surface area contributed by atoms with E-state index in [0.29, 0.717) is 18.3 Å². The van der Waals surface area contributed by atoms with Gasteiger partial charge in [0.25, 0.3) is 5.69 Å². The number of nitrogens with one attached hydrogen (secondary N) is 2. The summed E-state index contributed by atoms with van der Waals surface area (Å²) in [5.41, 5.74) is 1.76. The summed E-state index contributed by atoms with van der Waals surface area (Å²) in [5.74, 6) is 0. The molecular weight excluding hydrogens is 206 g/mol. The van der Waals surface area contributed by atoms with Crippen LogP contribution in [0.4, 0.5) is 11.4 Å². The largest absolute Gasteiger partial charge is 0.378 e. The molecule has 0 saturated heterocycles. The molecule has 5 nitrogen and oxygen atoms in total. The van der Waals surface area contributed by atoms with Gasteiger partial charge < -0.3 is 10.6 Å². The molecule has 2 rings (SSSR count). The van der Waals surface area contributed by atoms with E-state index in [1.165, 1.54) is 6.07 Å². The Morgan fingerprint density at radius 1 is 1.44 bits per heavy atom. The first-order valence-electron chi connectivity index (χ1n) is 5.37. The summed E-state index contributed by atoms with van der Waals surface area (Å²) in [7, 11) is 0. The summed E-state index contributed by atoms with van der Waals surface area (Å²) in [5, 5.41) is 17.4. The topological polar surface area (TPSA) is 67.2 Å². The zero-order chi connectivity index (χ0) is 11.7. The van der Waals surface area contributed by atoms with Crippen molar-refractivity contribution in [3.63, 3.8) is 0 Å². The molecule has 1 aliphatic heterocycles.